The molecule has 2 saturated heterocycles. The SMILES string of the molecule is O=C1CCC(N2Cc3c(OCc4ccc(CN5CCC(Cc6ccccc6)CC5)cc4)cccc3C2=O)C(O)N1. The maximum absolute atomic E-state index is 13.1. The van der Waals surface area contributed by atoms with Gasteiger partial charge in [-0.05, 0) is 73.5 Å². The fourth-order valence-electron chi connectivity index (χ4n) is 6.28. The van der Waals surface area contributed by atoms with E-state index in [1.165, 1.54) is 30.4 Å². The second-order valence-electron chi connectivity index (χ2n) is 11.3. The highest BCUT2D eigenvalue weighted by Crippen LogP contribution is 2.34. The lowest BCUT2D eigenvalue weighted by Gasteiger charge is -2.35. The molecular weight excluding hydrogens is 502 g/mol. The summed E-state index contributed by atoms with van der Waals surface area (Å²) in [6.45, 7) is 4.03. The van der Waals surface area contributed by atoms with Crippen LogP contribution in [-0.2, 0) is 30.9 Å². The maximum atomic E-state index is 13.1. The van der Waals surface area contributed by atoms with Crippen molar-refractivity contribution in [1.82, 2.24) is 15.1 Å². The lowest BCUT2D eigenvalue weighted by Crippen LogP contribution is -2.55. The molecule has 3 heterocycles. The van der Waals surface area contributed by atoms with Crippen LogP contribution in [0.5, 0.6) is 5.75 Å². The van der Waals surface area contributed by atoms with Crippen LogP contribution >= 0.6 is 0 Å². The minimum Gasteiger partial charge on any atom is -0.489 e. The van der Waals surface area contributed by atoms with Gasteiger partial charge in [-0.2, -0.15) is 0 Å². The predicted octanol–water partition coefficient (Wildman–Crippen LogP) is 4.27. The molecule has 6 rings (SSSR count). The van der Waals surface area contributed by atoms with Crippen LogP contribution in [0.3, 0.4) is 0 Å². The molecule has 3 aromatic rings. The molecule has 2 atom stereocenters. The lowest BCUT2D eigenvalue weighted by molar-refractivity contribution is -0.129. The maximum Gasteiger partial charge on any atom is 0.255 e. The largest absolute Gasteiger partial charge is 0.489 e. The number of aliphatic hydroxyl groups excluding tert-OH is 1. The zero-order valence-corrected chi connectivity index (χ0v) is 22.8. The minimum atomic E-state index is -1.05. The molecule has 208 valence electrons. The summed E-state index contributed by atoms with van der Waals surface area (Å²) < 4.78 is 6.19. The molecule has 40 heavy (non-hydrogen) atoms. The number of carbonyl (C=O) groups excluding carboxylic acids is 2. The van der Waals surface area contributed by atoms with Crippen molar-refractivity contribution in [1.29, 1.82) is 0 Å². The first kappa shape index (κ1) is 26.5. The average Bonchev–Trinajstić information content (AvgIpc) is 3.31. The Kier molecular flexibility index (Phi) is 7.84. The Labute approximate surface area is 235 Å². The molecule has 2 amide bonds. The summed E-state index contributed by atoms with van der Waals surface area (Å²) in [7, 11) is 0. The van der Waals surface area contributed by atoms with Gasteiger partial charge in [0.1, 0.15) is 18.6 Å². The van der Waals surface area contributed by atoms with E-state index in [-0.39, 0.29) is 11.8 Å². The van der Waals surface area contributed by atoms with E-state index in [4.69, 9.17) is 4.74 Å². The molecular formula is C33H37N3O4. The number of likely N-dealkylation sites (tertiary alicyclic amines) is 1. The van der Waals surface area contributed by atoms with Crippen LogP contribution in [0.2, 0.25) is 0 Å². The van der Waals surface area contributed by atoms with Crippen LogP contribution < -0.4 is 10.1 Å². The Balaban J connectivity index is 1.01. The number of amides is 2. The monoisotopic (exact) mass is 539 g/mol. The van der Waals surface area contributed by atoms with Crippen LogP contribution in [0, 0.1) is 5.92 Å². The van der Waals surface area contributed by atoms with Crippen molar-refractivity contribution in [2.24, 2.45) is 5.92 Å². The van der Waals surface area contributed by atoms with Gasteiger partial charge in [0, 0.05) is 24.1 Å². The summed E-state index contributed by atoms with van der Waals surface area (Å²) >= 11 is 0. The lowest BCUT2D eigenvalue weighted by atomic mass is 9.90. The van der Waals surface area contributed by atoms with E-state index in [1.54, 1.807) is 11.0 Å². The third kappa shape index (κ3) is 5.91. The Morgan fingerprint density at radius 1 is 0.850 bits per heavy atom. The van der Waals surface area contributed by atoms with Crippen molar-refractivity contribution >= 4 is 11.8 Å². The Morgan fingerprint density at radius 3 is 2.35 bits per heavy atom. The van der Waals surface area contributed by atoms with Crippen molar-refractivity contribution < 1.29 is 19.4 Å². The van der Waals surface area contributed by atoms with E-state index in [2.05, 4.69) is 64.8 Å². The van der Waals surface area contributed by atoms with Gasteiger partial charge < -0.3 is 20.1 Å². The van der Waals surface area contributed by atoms with E-state index in [9.17, 15) is 14.7 Å². The number of hydrogen-bond acceptors (Lipinski definition) is 5. The summed E-state index contributed by atoms with van der Waals surface area (Å²) in [5.41, 5.74) is 5.27. The number of nitrogens with one attached hydrogen (secondary N) is 1. The summed E-state index contributed by atoms with van der Waals surface area (Å²) in [5.74, 6) is 1.14. The standard InChI is InChI=1S/C33H37N3O4/c37-31-14-13-29(32(38)34-31)36-21-28-27(33(36)39)7-4-8-30(28)40-22-26-11-9-25(10-12-26)20-35-17-15-24(16-18-35)19-23-5-2-1-3-6-23/h1-12,24,29,32,38H,13-22H2,(H,34,37). The molecule has 2 fully saturated rings. The second-order valence-corrected chi connectivity index (χ2v) is 11.3. The van der Waals surface area contributed by atoms with E-state index < -0.39 is 12.3 Å². The first-order valence-electron chi connectivity index (χ1n) is 14.4. The Bertz CT molecular complexity index is 1340. The number of aliphatic hydroxyl groups is 1. The quantitative estimate of drug-likeness (QED) is 0.447. The zero-order valence-electron chi connectivity index (χ0n) is 22.8. The number of fused-ring (bicyclic) bond motifs is 1. The van der Waals surface area contributed by atoms with Crippen LogP contribution in [0.25, 0.3) is 0 Å². The van der Waals surface area contributed by atoms with Crippen molar-refractivity contribution in [3.63, 3.8) is 0 Å². The minimum absolute atomic E-state index is 0.130. The van der Waals surface area contributed by atoms with Crippen molar-refractivity contribution in [3.8, 4) is 5.75 Å². The summed E-state index contributed by atoms with van der Waals surface area (Å²) in [5, 5.41) is 12.9. The van der Waals surface area contributed by atoms with Gasteiger partial charge in [0.05, 0.1) is 12.6 Å². The van der Waals surface area contributed by atoms with E-state index in [0.29, 0.717) is 37.3 Å². The first-order valence-corrected chi connectivity index (χ1v) is 14.4. The molecule has 3 aromatic carbocycles. The van der Waals surface area contributed by atoms with Gasteiger partial charge in [-0.3, -0.25) is 14.5 Å². The number of piperidine rings is 2. The number of nitrogens with zero attached hydrogens (tertiary/aromatic N) is 2. The average molecular weight is 540 g/mol. The predicted molar refractivity (Wildman–Crippen MR) is 152 cm³/mol. The smallest absolute Gasteiger partial charge is 0.255 e. The Morgan fingerprint density at radius 2 is 1.60 bits per heavy atom. The van der Waals surface area contributed by atoms with Gasteiger partial charge in [-0.1, -0.05) is 60.7 Å². The molecule has 3 aliphatic rings. The number of carbonyl (C=O) groups is 2. The molecule has 0 aliphatic carbocycles. The number of hydrogen-bond donors (Lipinski definition) is 2. The second kappa shape index (κ2) is 11.8. The van der Waals surface area contributed by atoms with E-state index in [0.717, 1.165) is 36.7 Å². The Hall–Kier alpha value is -3.68. The molecule has 7 nitrogen and oxygen atoms in total. The first-order chi connectivity index (χ1) is 19.5. The van der Waals surface area contributed by atoms with Crippen LogP contribution in [0.1, 0.15) is 58.3 Å². The van der Waals surface area contributed by atoms with Gasteiger partial charge in [-0.25, -0.2) is 0 Å². The third-order valence-corrected chi connectivity index (χ3v) is 8.59. The molecule has 2 N–H and O–H groups in total. The summed E-state index contributed by atoms with van der Waals surface area (Å²) in [6.07, 6.45) is 3.37. The molecule has 0 radical (unpaired) electrons. The van der Waals surface area contributed by atoms with Crippen molar-refractivity contribution in [2.45, 2.75) is 64.1 Å². The van der Waals surface area contributed by atoms with Crippen molar-refractivity contribution in [3.05, 3.63) is 101 Å². The van der Waals surface area contributed by atoms with Crippen LogP contribution in [0.15, 0.2) is 72.8 Å². The highest BCUT2D eigenvalue weighted by atomic mass is 16.5. The van der Waals surface area contributed by atoms with E-state index >= 15 is 0 Å². The van der Waals surface area contributed by atoms with Crippen molar-refractivity contribution in [2.75, 3.05) is 13.1 Å². The third-order valence-electron chi connectivity index (χ3n) is 8.59. The molecule has 3 aliphatic heterocycles. The fourth-order valence-corrected chi connectivity index (χ4v) is 6.28. The normalized spacial score (nSPS) is 21.8. The summed E-state index contributed by atoms with van der Waals surface area (Å²) in [6, 6.07) is 24.5. The molecule has 2 unspecified atom stereocenters. The number of ether oxygens (including phenoxy) is 1. The molecule has 7 heteroatoms. The molecule has 0 bridgehead atoms. The molecule has 0 aromatic heterocycles. The van der Waals surface area contributed by atoms with Crippen LogP contribution in [-0.4, -0.2) is 52.1 Å². The topological polar surface area (TPSA) is 82.1 Å². The summed E-state index contributed by atoms with van der Waals surface area (Å²) in [4.78, 5) is 28.9. The zero-order chi connectivity index (χ0) is 27.5. The molecule has 0 saturated carbocycles. The van der Waals surface area contributed by atoms with Gasteiger partial charge >= 0.3 is 0 Å². The highest BCUT2D eigenvalue weighted by Gasteiger charge is 2.40. The van der Waals surface area contributed by atoms with Crippen LogP contribution in [0.4, 0.5) is 0 Å². The van der Waals surface area contributed by atoms with Gasteiger partial charge in [-0.15, -0.1) is 0 Å². The number of benzene rings is 3. The van der Waals surface area contributed by atoms with Gasteiger partial charge in [0.25, 0.3) is 5.91 Å². The highest BCUT2D eigenvalue weighted by molar-refractivity contribution is 5.99. The number of rotatable bonds is 8. The van der Waals surface area contributed by atoms with Gasteiger partial charge in [0.2, 0.25) is 5.91 Å². The molecule has 0 spiro atoms. The fraction of sp³-hybridized carbons (Fsp3) is 0.394. The van der Waals surface area contributed by atoms with Gasteiger partial charge in [0.15, 0.2) is 0 Å². The van der Waals surface area contributed by atoms with E-state index in [1.807, 2.05) is 12.1 Å².